The molecule has 0 fully saturated rings. The van der Waals surface area contributed by atoms with Crippen LogP contribution in [-0.2, 0) is 13.6 Å². The third-order valence-electron chi connectivity index (χ3n) is 2.46. The standard InChI is InChI=1S/C11H16N6O/c1-3-4-12-10-6-13-9(5-14-10)7-17-11(18)16(2)8-15-17/h5-6,8H,3-4,7H2,1-2H3,(H,12,14). The van der Waals surface area contributed by atoms with Crippen molar-refractivity contribution in [3.05, 3.63) is 34.9 Å². The van der Waals surface area contributed by atoms with E-state index < -0.39 is 0 Å². The number of rotatable bonds is 5. The first kappa shape index (κ1) is 12.3. The Bertz CT molecular complexity index is 556. The van der Waals surface area contributed by atoms with Gasteiger partial charge in [-0.2, -0.15) is 5.10 Å². The molecule has 2 rings (SSSR count). The molecule has 0 atom stereocenters. The van der Waals surface area contributed by atoms with Crippen molar-refractivity contribution in [3.63, 3.8) is 0 Å². The van der Waals surface area contributed by atoms with E-state index in [9.17, 15) is 4.79 Å². The Labute approximate surface area is 105 Å². The van der Waals surface area contributed by atoms with Gasteiger partial charge in [-0.1, -0.05) is 6.92 Å². The van der Waals surface area contributed by atoms with Gasteiger partial charge in [0.1, 0.15) is 12.1 Å². The van der Waals surface area contributed by atoms with E-state index in [1.54, 1.807) is 19.4 Å². The molecule has 0 aliphatic heterocycles. The highest BCUT2D eigenvalue weighted by atomic mass is 16.2. The zero-order valence-electron chi connectivity index (χ0n) is 10.5. The van der Waals surface area contributed by atoms with Crippen molar-refractivity contribution < 1.29 is 0 Å². The Morgan fingerprint density at radius 2 is 2.17 bits per heavy atom. The molecule has 7 nitrogen and oxygen atoms in total. The largest absolute Gasteiger partial charge is 0.369 e. The highest BCUT2D eigenvalue weighted by molar-refractivity contribution is 5.30. The zero-order valence-corrected chi connectivity index (χ0v) is 10.5. The maximum Gasteiger partial charge on any atom is 0.345 e. The van der Waals surface area contributed by atoms with Gasteiger partial charge in [0.2, 0.25) is 0 Å². The van der Waals surface area contributed by atoms with Crippen LogP contribution >= 0.6 is 0 Å². The molecule has 1 N–H and O–H groups in total. The lowest BCUT2D eigenvalue weighted by molar-refractivity contribution is 0.633. The fourth-order valence-corrected chi connectivity index (χ4v) is 1.46. The van der Waals surface area contributed by atoms with E-state index in [0.717, 1.165) is 18.8 Å². The number of aryl methyl sites for hydroxylation is 1. The van der Waals surface area contributed by atoms with Gasteiger partial charge in [-0.15, -0.1) is 0 Å². The molecule has 0 saturated heterocycles. The van der Waals surface area contributed by atoms with Crippen molar-refractivity contribution in [2.24, 2.45) is 7.05 Å². The molecule has 18 heavy (non-hydrogen) atoms. The number of nitrogens with one attached hydrogen (secondary N) is 1. The second kappa shape index (κ2) is 5.44. The predicted octanol–water partition coefficient (Wildman–Crippen LogP) is 0.242. The number of hydrogen-bond donors (Lipinski definition) is 1. The molecule has 0 aromatic carbocycles. The summed E-state index contributed by atoms with van der Waals surface area (Å²) < 4.78 is 2.77. The molecular formula is C11H16N6O. The summed E-state index contributed by atoms with van der Waals surface area (Å²) in [7, 11) is 1.66. The van der Waals surface area contributed by atoms with Gasteiger partial charge >= 0.3 is 5.69 Å². The first-order chi connectivity index (χ1) is 8.70. The zero-order chi connectivity index (χ0) is 13.0. The summed E-state index contributed by atoms with van der Waals surface area (Å²) in [6.07, 6.45) is 5.83. The monoisotopic (exact) mass is 248 g/mol. The van der Waals surface area contributed by atoms with Gasteiger partial charge in [0.15, 0.2) is 0 Å². The summed E-state index contributed by atoms with van der Waals surface area (Å²) in [6, 6.07) is 0. The van der Waals surface area contributed by atoms with Crippen LogP contribution in [0, 0.1) is 0 Å². The highest BCUT2D eigenvalue weighted by Gasteiger charge is 2.04. The SMILES string of the molecule is CCCNc1cnc(Cn2ncn(C)c2=O)cn1. The van der Waals surface area contributed by atoms with Gasteiger partial charge in [0.05, 0.1) is 24.6 Å². The number of anilines is 1. The average Bonchev–Trinajstić information content (AvgIpc) is 2.70. The predicted molar refractivity (Wildman–Crippen MR) is 67.4 cm³/mol. The maximum atomic E-state index is 11.6. The first-order valence-corrected chi connectivity index (χ1v) is 5.84. The Kier molecular flexibility index (Phi) is 3.71. The summed E-state index contributed by atoms with van der Waals surface area (Å²) in [5.74, 6) is 0.744. The third kappa shape index (κ3) is 2.73. The van der Waals surface area contributed by atoms with E-state index in [2.05, 4.69) is 27.3 Å². The van der Waals surface area contributed by atoms with Crippen LogP contribution in [0.25, 0.3) is 0 Å². The van der Waals surface area contributed by atoms with Crippen molar-refractivity contribution in [3.8, 4) is 0 Å². The van der Waals surface area contributed by atoms with Gasteiger partial charge in [-0.25, -0.2) is 14.5 Å². The Balaban J connectivity index is 2.06. The molecule has 2 heterocycles. The molecule has 2 aromatic heterocycles. The van der Waals surface area contributed by atoms with E-state index in [1.807, 2.05) is 0 Å². The second-order valence-electron chi connectivity index (χ2n) is 4.00. The van der Waals surface area contributed by atoms with Crippen LogP contribution in [0.4, 0.5) is 5.82 Å². The van der Waals surface area contributed by atoms with Crippen molar-refractivity contribution in [1.82, 2.24) is 24.3 Å². The van der Waals surface area contributed by atoms with Crippen LogP contribution in [-0.4, -0.2) is 30.9 Å². The van der Waals surface area contributed by atoms with Gasteiger partial charge in [0, 0.05) is 13.6 Å². The lowest BCUT2D eigenvalue weighted by Crippen LogP contribution is -2.23. The first-order valence-electron chi connectivity index (χ1n) is 5.84. The Morgan fingerprint density at radius 1 is 1.33 bits per heavy atom. The van der Waals surface area contributed by atoms with Gasteiger partial charge in [0.25, 0.3) is 0 Å². The van der Waals surface area contributed by atoms with Crippen molar-refractivity contribution in [2.45, 2.75) is 19.9 Å². The fourth-order valence-electron chi connectivity index (χ4n) is 1.46. The normalized spacial score (nSPS) is 10.6. The molecule has 7 heteroatoms. The Morgan fingerprint density at radius 3 is 2.72 bits per heavy atom. The number of hydrogen-bond acceptors (Lipinski definition) is 5. The summed E-state index contributed by atoms with van der Waals surface area (Å²) in [5.41, 5.74) is 0.544. The molecule has 0 spiro atoms. The van der Waals surface area contributed by atoms with E-state index in [-0.39, 0.29) is 5.69 Å². The second-order valence-corrected chi connectivity index (χ2v) is 4.00. The third-order valence-corrected chi connectivity index (χ3v) is 2.46. The van der Waals surface area contributed by atoms with Crippen LogP contribution in [0.1, 0.15) is 19.0 Å². The van der Waals surface area contributed by atoms with Crippen LogP contribution in [0.15, 0.2) is 23.5 Å². The molecule has 0 unspecified atom stereocenters. The summed E-state index contributed by atoms with van der Waals surface area (Å²) in [5, 5.41) is 7.11. The summed E-state index contributed by atoms with van der Waals surface area (Å²) in [6.45, 7) is 3.29. The quantitative estimate of drug-likeness (QED) is 0.820. The molecule has 0 bridgehead atoms. The van der Waals surface area contributed by atoms with E-state index in [4.69, 9.17) is 0 Å². The summed E-state index contributed by atoms with van der Waals surface area (Å²) in [4.78, 5) is 20.1. The van der Waals surface area contributed by atoms with Crippen LogP contribution in [0.5, 0.6) is 0 Å². The molecule has 0 radical (unpaired) electrons. The minimum Gasteiger partial charge on any atom is -0.369 e. The fraction of sp³-hybridized carbons (Fsp3) is 0.455. The summed E-state index contributed by atoms with van der Waals surface area (Å²) >= 11 is 0. The minimum absolute atomic E-state index is 0.162. The van der Waals surface area contributed by atoms with E-state index in [1.165, 1.54) is 15.6 Å². The van der Waals surface area contributed by atoms with E-state index in [0.29, 0.717) is 12.2 Å². The smallest absolute Gasteiger partial charge is 0.345 e. The lowest BCUT2D eigenvalue weighted by Gasteiger charge is -2.04. The van der Waals surface area contributed by atoms with Crippen molar-refractivity contribution >= 4 is 5.82 Å². The van der Waals surface area contributed by atoms with Gasteiger partial charge < -0.3 is 5.32 Å². The molecule has 0 aliphatic carbocycles. The van der Waals surface area contributed by atoms with Crippen LogP contribution in [0.2, 0.25) is 0 Å². The molecule has 0 aliphatic rings. The van der Waals surface area contributed by atoms with Crippen molar-refractivity contribution in [2.75, 3.05) is 11.9 Å². The minimum atomic E-state index is -0.162. The molecule has 0 saturated carbocycles. The lowest BCUT2D eigenvalue weighted by atomic mass is 10.4. The van der Waals surface area contributed by atoms with Crippen LogP contribution in [0.3, 0.4) is 0 Å². The highest BCUT2D eigenvalue weighted by Crippen LogP contribution is 2.01. The van der Waals surface area contributed by atoms with Gasteiger partial charge in [-0.3, -0.25) is 9.55 Å². The average molecular weight is 248 g/mol. The number of aromatic nitrogens is 5. The molecular weight excluding hydrogens is 232 g/mol. The molecule has 2 aromatic rings. The number of nitrogens with zero attached hydrogens (tertiary/aromatic N) is 5. The molecule has 0 amide bonds. The van der Waals surface area contributed by atoms with Gasteiger partial charge in [-0.05, 0) is 6.42 Å². The van der Waals surface area contributed by atoms with Crippen molar-refractivity contribution in [1.29, 1.82) is 0 Å². The van der Waals surface area contributed by atoms with Crippen LogP contribution < -0.4 is 11.0 Å². The Hall–Kier alpha value is -2.18. The topological polar surface area (TPSA) is 77.6 Å². The molecule has 96 valence electrons. The van der Waals surface area contributed by atoms with E-state index >= 15 is 0 Å². The maximum absolute atomic E-state index is 11.6.